The molecule has 0 amide bonds. The second-order valence-electron chi connectivity index (χ2n) is 9.80. The van der Waals surface area contributed by atoms with Crippen LogP contribution in [0.3, 0.4) is 0 Å². The third kappa shape index (κ3) is 3.99. The Morgan fingerprint density at radius 1 is 0.935 bits per heavy atom. The van der Waals surface area contributed by atoms with Gasteiger partial charge in [0, 0.05) is 0 Å². The van der Waals surface area contributed by atoms with Crippen molar-refractivity contribution in [3.05, 3.63) is 60.7 Å². The van der Waals surface area contributed by atoms with E-state index >= 15 is 0 Å². The Morgan fingerprint density at radius 3 is 1.94 bits per heavy atom. The molecule has 5 heteroatoms. The molecule has 4 rings (SSSR count). The van der Waals surface area contributed by atoms with E-state index in [-0.39, 0.29) is 23.4 Å². The van der Waals surface area contributed by atoms with Crippen molar-refractivity contribution in [2.75, 3.05) is 6.61 Å². The van der Waals surface area contributed by atoms with E-state index in [1.54, 1.807) is 0 Å². The molecule has 4 nitrogen and oxygen atoms in total. The van der Waals surface area contributed by atoms with Crippen molar-refractivity contribution < 1.29 is 18.6 Å². The van der Waals surface area contributed by atoms with Crippen LogP contribution < -0.4 is 10.4 Å². The van der Waals surface area contributed by atoms with Gasteiger partial charge >= 0.3 is 0 Å². The van der Waals surface area contributed by atoms with Crippen LogP contribution in [0, 0.1) is 12.3 Å². The molecule has 2 aromatic carbocycles. The molecule has 2 heterocycles. The third-order valence-corrected chi connectivity index (χ3v) is 11.2. The van der Waals surface area contributed by atoms with Gasteiger partial charge in [-0.05, 0) is 29.3 Å². The van der Waals surface area contributed by atoms with Crippen molar-refractivity contribution in [3.63, 3.8) is 0 Å². The SMILES string of the molecule is C#C[C@@H]1O[C@H](CO[Si](c2ccccc2)(c2ccccc2)C(C)(C)C)[C@H]2OC(C)(C)O[C@H]21. The molecule has 4 atom stereocenters. The second-order valence-corrected chi connectivity index (χ2v) is 14.1. The average molecular weight is 437 g/mol. The zero-order valence-electron chi connectivity index (χ0n) is 19.0. The highest BCUT2D eigenvalue weighted by Crippen LogP contribution is 2.41. The average Bonchev–Trinajstić information content (AvgIpc) is 3.22. The molecule has 2 fully saturated rings. The summed E-state index contributed by atoms with van der Waals surface area (Å²) in [5, 5.41) is 2.37. The van der Waals surface area contributed by atoms with E-state index in [1.807, 2.05) is 26.0 Å². The Balaban J connectivity index is 1.70. The fraction of sp³-hybridized carbons (Fsp3) is 0.462. The highest BCUT2D eigenvalue weighted by molar-refractivity contribution is 6.99. The van der Waals surface area contributed by atoms with Crippen LogP contribution in [0.4, 0.5) is 0 Å². The van der Waals surface area contributed by atoms with Gasteiger partial charge in [0.05, 0.1) is 6.61 Å². The van der Waals surface area contributed by atoms with Crippen molar-refractivity contribution in [3.8, 4) is 12.3 Å². The summed E-state index contributed by atoms with van der Waals surface area (Å²) in [7, 11) is -2.66. The van der Waals surface area contributed by atoms with E-state index in [2.05, 4.69) is 75.2 Å². The maximum absolute atomic E-state index is 7.03. The predicted molar refractivity (Wildman–Crippen MR) is 125 cm³/mol. The summed E-state index contributed by atoms with van der Waals surface area (Å²) in [6.07, 6.45) is 4.51. The van der Waals surface area contributed by atoms with Crippen LogP contribution in [-0.4, -0.2) is 45.1 Å². The number of fused-ring (bicyclic) bond motifs is 1. The second kappa shape index (κ2) is 8.20. The zero-order valence-corrected chi connectivity index (χ0v) is 20.0. The molecule has 31 heavy (non-hydrogen) atoms. The molecule has 2 aliphatic rings. The Morgan fingerprint density at radius 2 is 1.45 bits per heavy atom. The number of hydrogen-bond donors (Lipinski definition) is 0. The molecule has 0 unspecified atom stereocenters. The van der Waals surface area contributed by atoms with Crippen LogP contribution in [0.1, 0.15) is 34.6 Å². The maximum Gasteiger partial charge on any atom is 0.261 e. The lowest BCUT2D eigenvalue weighted by Gasteiger charge is -2.43. The van der Waals surface area contributed by atoms with Crippen LogP contribution in [-0.2, 0) is 18.6 Å². The Hall–Kier alpha value is -1.94. The Labute approximate surface area is 187 Å². The summed E-state index contributed by atoms with van der Waals surface area (Å²) in [5.74, 6) is 2.05. The minimum absolute atomic E-state index is 0.106. The first kappa shape index (κ1) is 22.3. The molecule has 2 aliphatic heterocycles. The van der Waals surface area contributed by atoms with Crippen LogP contribution in [0.25, 0.3) is 0 Å². The van der Waals surface area contributed by atoms with Gasteiger partial charge in [-0.25, -0.2) is 0 Å². The van der Waals surface area contributed by atoms with E-state index in [0.29, 0.717) is 6.61 Å². The van der Waals surface area contributed by atoms with Crippen LogP contribution in [0.2, 0.25) is 5.04 Å². The largest absolute Gasteiger partial charge is 0.405 e. The van der Waals surface area contributed by atoms with Crippen LogP contribution in [0.15, 0.2) is 60.7 Å². The number of terminal acetylenes is 1. The highest BCUT2D eigenvalue weighted by Gasteiger charge is 2.56. The third-order valence-electron chi connectivity index (χ3n) is 6.20. The molecule has 0 aliphatic carbocycles. The number of hydrogen-bond acceptors (Lipinski definition) is 4. The van der Waals surface area contributed by atoms with Crippen molar-refractivity contribution in [1.29, 1.82) is 0 Å². The van der Waals surface area contributed by atoms with Crippen molar-refractivity contribution in [2.24, 2.45) is 0 Å². The van der Waals surface area contributed by atoms with Gasteiger partial charge in [0.1, 0.15) is 24.4 Å². The lowest BCUT2D eigenvalue weighted by Crippen LogP contribution is -2.67. The minimum Gasteiger partial charge on any atom is -0.405 e. The van der Waals surface area contributed by atoms with E-state index in [9.17, 15) is 0 Å². The zero-order chi connectivity index (χ0) is 22.3. The fourth-order valence-corrected chi connectivity index (χ4v) is 9.49. The van der Waals surface area contributed by atoms with E-state index in [4.69, 9.17) is 25.1 Å². The predicted octanol–water partition coefficient (Wildman–Crippen LogP) is 3.48. The number of benzene rings is 2. The number of rotatable bonds is 5. The Bertz CT molecular complexity index is 890. The van der Waals surface area contributed by atoms with Crippen LogP contribution in [0.5, 0.6) is 0 Å². The topological polar surface area (TPSA) is 36.9 Å². The smallest absolute Gasteiger partial charge is 0.261 e. The van der Waals surface area contributed by atoms with Gasteiger partial charge < -0.3 is 18.6 Å². The van der Waals surface area contributed by atoms with E-state index in [0.717, 1.165) is 0 Å². The van der Waals surface area contributed by atoms with Crippen molar-refractivity contribution in [2.45, 2.75) is 69.9 Å². The molecule has 0 aromatic heterocycles. The molecular weight excluding hydrogens is 404 g/mol. The van der Waals surface area contributed by atoms with E-state index < -0.39 is 20.2 Å². The molecule has 0 N–H and O–H groups in total. The lowest BCUT2D eigenvalue weighted by atomic mass is 10.1. The molecular formula is C26H32O4Si. The summed E-state index contributed by atoms with van der Waals surface area (Å²) >= 11 is 0. The van der Waals surface area contributed by atoms with Gasteiger partial charge in [0.25, 0.3) is 8.32 Å². The summed E-state index contributed by atoms with van der Waals surface area (Å²) in [5.41, 5.74) is 0. The highest BCUT2D eigenvalue weighted by atomic mass is 28.4. The quantitative estimate of drug-likeness (QED) is 0.531. The van der Waals surface area contributed by atoms with Gasteiger partial charge in [0.15, 0.2) is 5.79 Å². The summed E-state index contributed by atoms with van der Waals surface area (Å²) in [6, 6.07) is 21.2. The first-order chi connectivity index (χ1) is 14.7. The molecule has 0 spiro atoms. The standard InChI is InChI=1S/C26H32O4Si/c1-7-21-23-24(30-26(5,6)29-23)22(28-21)18-27-31(25(2,3)4,19-14-10-8-11-15-19)20-16-12-9-13-17-20/h1,8-17,21-24H,18H2,2-6H3/t21-,22+,23-,24+/m0/s1. The van der Waals surface area contributed by atoms with Crippen molar-refractivity contribution >= 4 is 18.7 Å². The van der Waals surface area contributed by atoms with E-state index in [1.165, 1.54) is 10.4 Å². The molecule has 0 radical (unpaired) electrons. The minimum atomic E-state index is -2.66. The summed E-state index contributed by atoms with van der Waals surface area (Å²) in [4.78, 5) is 0. The lowest BCUT2D eigenvalue weighted by molar-refractivity contribution is -0.183. The monoisotopic (exact) mass is 436 g/mol. The van der Waals surface area contributed by atoms with Gasteiger partial charge in [-0.2, -0.15) is 0 Å². The van der Waals surface area contributed by atoms with Gasteiger partial charge in [-0.15, -0.1) is 6.42 Å². The summed E-state index contributed by atoms with van der Waals surface area (Å²) in [6.45, 7) is 11.0. The van der Waals surface area contributed by atoms with Gasteiger partial charge in [-0.1, -0.05) is 87.4 Å². The first-order valence-electron chi connectivity index (χ1n) is 10.9. The van der Waals surface area contributed by atoms with Gasteiger partial charge in [-0.3, -0.25) is 0 Å². The Kier molecular flexibility index (Phi) is 5.89. The summed E-state index contributed by atoms with van der Waals surface area (Å²) < 4.78 is 25.4. The molecule has 0 saturated carbocycles. The molecule has 2 saturated heterocycles. The maximum atomic E-state index is 7.03. The first-order valence-corrected chi connectivity index (χ1v) is 12.8. The van der Waals surface area contributed by atoms with Gasteiger partial charge in [0.2, 0.25) is 0 Å². The normalized spacial score (nSPS) is 27.6. The van der Waals surface area contributed by atoms with Crippen LogP contribution >= 0.6 is 0 Å². The van der Waals surface area contributed by atoms with Crippen molar-refractivity contribution in [1.82, 2.24) is 0 Å². The molecule has 164 valence electrons. The molecule has 0 bridgehead atoms. The fourth-order valence-electron chi connectivity index (χ4n) is 4.92. The number of ether oxygens (including phenoxy) is 3. The molecule has 2 aromatic rings.